The van der Waals surface area contributed by atoms with Crippen LogP contribution in [0.2, 0.25) is 0 Å². The highest BCUT2D eigenvalue weighted by Crippen LogP contribution is 2.19. The lowest BCUT2D eigenvalue weighted by molar-refractivity contribution is -0.147. The van der Waals surface area contributed by atoms with Crippen LogP contribution in [0.3, 0.4) is 0 Å². The standard InChI is InChI=1S/C9H13N3O2/c1-12-4-7-6(10-5-11-7)3-8(12)9(13)14-2/h5,8H,3-4H2,1-2H3,(H,10,11)/t8-/m1/s1. The van der Waals surface area contributed by atoms with Gasteiger partial charge < -0.3 is 9.72 Å². The van der Waals surface area contributed by atoms with E-state index in [0.717, 1.165) is 17.9 Å². The maximum absolute atomic E-state index is 11.4. The van der Waals surface area contributed by atoms with Crippen LogP contribution in [-0.2, 0) is 22.5 Å². The topological polar surface area (TPSA) is 58.2 Å². The summed E-state index contributed by atoms with van der Waals surface area (Å²) in [5.41, 5.74) is 2.06. The van der Waals surface area contributed by atoms with Crippen molar-refractivity contribution in [1.82, 2.24) is 14.9 Å². The van der Waals surface area contributed by atoms with E-state index in [9.17, 15) is 4.79 Å². The summed E-state index contributed by atoms with van der Waals surface area (Å²) in [4.78, 5) is 20.6. The molecular weight excluding hydrogens is 182 g/mol. The summed E-state index contributed by atoms with van der Waals surface area (Å²) >= 11 is 0. The molecule has 0 fully saturated rings. The fourth-order valence-corrected chi connectivity index (χ4v) is 1.76. The lowest BCUT2D eigenvalue weighted by Gasteiger charge is -2.29. The molecule has 14 heavy (non-hydrogen) atoms. The van der Waals surface area contributed by atoms with Crippen molar-refractivity contribution in [3.05, 3.63) is 17.7 Å². The van der Waals surface area contributed by atoms with Crippen LogP contribution in [-0.4, -0.2) is 41.0 Å². The van der Waals surface area contributed by atoms with Gasteiger partial charge >= 0.3 is 5.97 Å². The Morgan fingerprint density at radius 2 is 2.57 bits per heavy atom. The van der Waals surface area contributed by atoms with E-state index >= 15 is 0 Å². The minimum absolute atomic E-state index is 0.193. The number of nitrogens with zero attached hydrogens (tertiary/aromatic N) is 2. The van der Waals surface area contributed by atoms with Crippen LogP contribution in [0.4, 0.5) is 0 Å². The van der Waals surface area contributed by atoms with Crippen LogP contribution in [0, 0.1) is 0 Å². The molecule has 1 atom stereocenters. The average Bonchev–Trinajstić information content (AvgIpc) is 2.62. The first-order chi connectivity index (χ1) is 6.72. The van der Waals surface area contributed by atoms with E-state index < -0.39 is 0 Å². The van der Waals surface area contributed by atoms with Crippen molar-refractivity contribution >= 4 is 5.97 Å². The van der Waals surface area contributed by atoms with Crippen molar-refractivity contribution in [1.29, 1.82) is 0 Å². The average molecular weight is 195 g/mol. The van der Waals surface area contributed by atoms with Crippen LogP contribution in [0.5, 0.6) is 0 Å². The van der Waals surface area contributed by atoms with Crippen molar-refractivity contribution in [2.75, 3.05) is 14.2 Å². The summed E-state index contributed by atoms with van der Waals surface area (Å²) in [6, 6.07) is -0.198. The van der Waals surface area contributed by atoms with Crippen molar-refractivity contribution in [3.8, 4) is 0 Å². The second-order valence-electron chi connectivity index (χ2n) is 3.49. The second-order valence-corrected chi connectivity index (χ2v) is 3.49. The fraction of sp³-hybridized carbons (Fsp3) is 0.556. The third kappa shape index (κ3) is 1.39. The maximum atomic E-state index is 11.4. The molecule has 0 bridgehead atoms. The lowest BCUT2D eigenvalue weighted by atomic mass is 10.0. The number of ether oxygens (including phenoxy) is 1. The van der Waals surface area contributed by atoms with Crippen LogP contribution in [0.15, 0.2) is 6.33 Å². The predicted molar refractivity (Wildman–Crippen MR) is 49.6 cm³/mol. The fourth-order valence-electron chi connectivity index (χ4n) is 1.76. The van der Waals surface area contributed by atoms with Crippen molar-refractivity contribution in [2.45, 2.75) is 19.0 Å². The first kappa shape index (κ1) is 9.21. The van der Waals surface area contributed by atoms with E-state index in [0.29, 0.717) is 6.42 Å². The number of imidazole rings is 1. The van der Waals surface area contributed by atoms with Crippen LogP contribution < -0.4 is 0 Å². The largest absolute Gasteiger partial charge is 0.468 e. The zero-order valence-corrected chi connectivity index (χ0v) is 8.28. The third-order valence-electron chi connectivity index (χ3n) is 2.61. The Labute approximate surface area is 82.1 Å². The van der Waals surface area contributed by atoms with Crippen LogP contribution in [0.1, 0.15) is 11.4 Å². The van der Waals surface area contributed by atoms with Gasteiger partial charge in [-0.1, -0.05) is 0 Å². The van der Waals surface area contributed by atoms with E-state index in [-0.39, 0.29) is 12.0 Å². The van der Waals surface area contributed by atoms with Crippen LogP contribution >= 0.6 is 0 Å². The molecule has 1 aromatic rings. The Hall–Kier alpha value is -1.36. The van der Waals surface area contributed by atoms with Gasteiger partial charge in [-0.3, -0.25) is 9.69 Å². The molecule has 76 valence electrons. The Morgan fingerprint density at radius 3 is 3.29 bits per heavy atom. The third-order valence-corrected chi connectivity index (χ3v) is 2.61. The van der Waals surface area contributed by atoms with E-state index in [2.05, 4.69) is 9.97 Å². The number of H-pyrrole nitrogens is 1. The number of rotatable bonds is 1. The molecule has 1 aliphatic rings. The van der Waals surface area contributed by atoms with Crippen molar-refractivity contribution < 1.29 is 9.53 Å². The lowest BCUT2D eigenvalue weighted by Crippen LogP contribution is -2.43. The van der Waals surface area contributed by atoms with E-state index in [1.807, 2.05) is 11.9 Å². The number of likely N-dealkylation sites (N-methyl/N-ethyl adjacent to an activating group) is 1. The van der Waals surface area contributed by atoms with Crippen molar-refractivity contribution in [3.63, 3.8) is 0 Å². The van der Waals surface area contributed by atoms with E-state index in [1.165, 1.54) is 7.11 Å². The highest BCUT2D eigenvalue weighted by atomic mass is 16.5. The Bertz CT molecular complexity index is 348. The van der Waals surface area contributed by atoms with Gasteiger partial charge in [-0.25, -0.2) is 4.98 Å². The van der Waals surface area contributed by atoms with E-state index in [1.54, 1.807) is 6.33 Å². The number of carbonyl (C=O) groups excluding carboxylic acids is 1. The molecule has 5 nitrogen and oxygen atoms in total. The zero-order chi connectivity index (χ0) is 10.1. The molecule has 1 aromatic heterocycles. The monoisotopic (exact) mass is 195 g/mol. The van der Waals surface area contributed by atoms with E-state index in [4.69, 9.17) is 4.74 Å². The van der Waals surface area contributed by atoms with Gasteiger partial charge in [0.25, 0.3) is 0 Å². The number of aromatic amines is 1. The second kappa shape index (κ2) is 3.42. The van der Waals surface area contributed by atoms with Gasteiger partial charge in [0.05, 0.1) is 24.8 Å². The molecule has 2 rings (SSSR count). The van der Waals surface area contributed by atoms with Gasteiger partial charge in [0.2, 0.25) is 0 Å². The molecular formula is C9H13N3O2. The van der Waals surface area contributed by atoms with Gasteiger partial charge in [-0.2, -0.15) is 0 Å². The molecule has 1 N–H and O–H groups in total. The molecule has 0 unspecified atom stereocenters. The van der Waals surface area contributed by atoms with Gasteiger partial charge in [-0.15, -0.1) is 0 Å². The number of esters is 1. The molecule has 0 aromatic carbocycles. The van der Waals surface area contributed by atoms with Crippen LogP contribution in [0.25, 0.3) is 0 Å². The Morgan fingerprint density at radius 1 is 1.79 bits per heavy atom. The van der Waals surface area contributed by atoms with Crippen molar-refractivity contribution in [2.24, 2.45) is 0 Å². The number of methoxy groups -OCH3 is 1. The number of carbonyl (C=O) groups is 1. The SMILES string of the molecule is COC(=O)[C@H]1Cc2nc[nH]c2CN1C. The van der Waals surface area contributed by atoms with Gasteiger partial charge in [0.1, 0.15) is 6.04 Å². The summed E-state index contributed by atoms with van der Waals surface area (Å²) in [6.45, 7) is 0.717. The number of hydrogen-bond acceptors (Lipinski definition) is 4. The minimum atomic E-state index is -0.198. The smallest absolute Gasteiger partial charge is 0.323 e. The molecule has 5 heteroatoms. The van der Waals surface area contributed by atoms with Gasteiger partial charge in [-0.05, 0) is 7.05 Å². The Kier molecular flexibility index (Phi) is 2.25. The highest BCUT2D eigenvalue weighted by Gasteiger charge is 2.31. The first-order valence-electron chi connectivity index (χ1n) is 4.51. The molecule has 0 saturated carbocycles. The number of hydrogen-bond donors (Lipinski definition) is 1. The van der Waals surface area contributed by atoms with Gasteiger partial charge in [0.15, 0.2) is 0 Å². The quantitative estimate of drug-likeness (QED) is 0.638. The molecule has 1 aliphatic heterocycles. The summed E-state index contributed by atoms with van der Waals surface area (Å²) in [5.74, 6) is -0.193. The highest BCUT2D eigenvalue weighted by molar-refractivity contribution is 5.76. The summed E-state index contributed by atoms with van der Waals surface area (Å²) < 4.78 is 4.73. The maximum Gasteiger partial charge on any atom is 0.323 e. The molecule has 0 aliphatic carbocycles. The minimum Gasteiger partial charge on any atom is -0.468 e. The molecule has 2 heterocycles. The Balaban J connectivity index is 2.21. The number of fused-ring (bicyclic) bond motifs is 1. The molecule has 0 saturated heterocycles. The normalized spacial score (nSPS) is 21.7. The first-order valence-corrected chi connectivity index (χ1v) is 4.51. The number of nitrogens with one attached hydrogen (secondary N) is 1. The number of aromatic nitrogens is 2. The summed E-state index contributed by atoms with van der Waals surface area (Å²) in [7, 11) is 3.32. The molecule has 0 spiro atoms. The predicted octanol–water partition coefficient (Wildman–Crippen LogP) is -0.0608. The zero-order valence-electron chi connectivity index (χ0n) is 8.28. The van der Waals surface area contributed by atoms with Gasteiger partial charge in [0, 0.05) is 13.0 Å². The molecule has 0 amide bonds. The summed E-state index contributed by atoms with van der Waals surface area (Å²) in [5, 5.41) is 0. The molecule has 0 radical (unpaired) electrons. The summed E-state index contributed by atoms with van der Waals surface area (Å²) in [6.07, 6.45) is 2.29.